The van der Waals surface area contributed by atoms with Gasteiger partial charge >= 0.3 is 11.7 Å². The van der Waals surface area contributed by atoms with Crippen molar-refractivity contribution in [1.82, 2.24) is 20.1 Å². The van der Waals surface area contributed by atoms with Gasteiger partial charge in [0.2, 0.25) is 0 Å². The minimum Gasteiger partial charge on any atom is -0.468 e. The van der Waals surface area contributed by atoms with Crippen LogP contribution in [0.4, 0.5) is 0 Å². The molecule has 1 unspecified atom stereocenters. The minimum absolute atomic E-state index is 0.198. The van der Waals surface area contributed by atoms with Crippen molar-refractivity contribution in [2.24, 2.45) is 7.05 Å². The van der Waals surface area contributed by atoms with Crippen molar-refractivity contribution in [2.75, 3.05) is 12.9 Å². The first-order valence-corrected chi connectivity index (χ1v) is 7.02. The topological polar surface area (TPSA) is 89.0 Å². The molecule has 0 spiro atoms. The van der Waals surface area contributed by atoms with Gasteiger partial charge in [-0.3, -0.25) is 9.36 Å². The van der Waals surface area contributed by atoms with Gasteiger partial charge in [-0.2, -0.15) is 0 Å². The molecule has 1 aromatic heterocycles. The Labute approximate surface area is 116 Å². The fourth-order valence-corrected chi connectivity index (χ4v) is 2.47. The number of methoxy groups -OCH3 is 1. The van der Waals surface area contributed by atoms with Crippen LogP contribution in [0.3, 0.4) is 0 Å². The Kier molecular flexibility index (Phi) is 6.10. The van der Waals surface area contributed by atoms with Gasteiger partial charge in [0.05, 0.1) is 7.11 Å². The normalized spacial score (nSPS) is 12.7. The van der Waals surface area contributed by atoms with E-state index in [9.17, 15) is 9.59 Å². The highest BCUT2D eigenvalue weighted by Crippen LogP contribution is 2.14. The molecule has 2 N–H and O–H groups in total. The van der Waals surface area contributed by atoms with Gasteiger partial charge in [0.25, 0.3) is 0 Å². The molecular formula is C11H20N4O3S. The summed E-state index contributed by atoms with van der Waals surface area (Å²) >= 11 is 1.42. The Hall–Kier alpha value is -1.28. The molecule has 0 aliphatic carbocycles. The van der Waals surface area contributed by atoms with Crippen LogP contribution in [-0.4, -0.2) is 45.7 Å². The molecule has 0 saturated heterocycles. The zero-order valence-corrected chi connectivity index (χ0v) is 12.4. The number of ether oxygens (including phenoxy) is 1. The Bertz CT molecular complexity index is 469. The van der Waals surface area contributed by atoms with Crippen LogP contribution < -0.4 is 11.0 Å². The number of aromatic nitrogens is 3. The van der Waals surface area contributed by atoms with Crippen LogP contribution in [0.25, 0.3) is 0 Å². The van der Waals surface area contributed by atoms with E-state index in [1.165, 1.54) is 23.4 Å². The Morgan fingerprint density at radius 3 is 2.74 bits per heavy atom. The van der Waals surface area contributed by atoms with Crippen LogP contribution in [0.1, 0.15) is 20.3 Å². The summed E-state index contributed by atoms with van der Waals surface area (Å²) in [6.45, 7) is 3.95. The maximum Gasteiger partial charge on any atom is 0.343 e. The number of carbonyl (C=O) groups excluding carboxylic acids is 1. The minimum atomic E-state index is -0.339. The van der Waals surface area contributed by atoms with E-state index in [4.69, 9.17) is 4.74 Å². The van der Waals surface area contributed by atoms with Crippen molar-refractivity contribution >= 4 is 17.7 Å². The van der Waals surface area contributed by atoms with E-state index in [0.717, 1.165) is 0 Å². The lowest BCUT2D eigenvalue weighted by molar-refractivity contribution is -0.143. The molecule has 0 amide bonds. The molecule has 8 heteroatoms. The van der Waals surface area contributed by atoms with Crippen LogP contribution in [0.5, 0.6) is 0 Å². The van der Waals surface area contributed by atoms with E-state index in [0.29, 0.717) is 17.3 Å². The van der Waals surface area contributed by atoms with Gasteiger partial charge in [0.1, 0.15) is 6.04 Å². The molecular weight excluding hydrogens is 268 g/mol. The predicted octanol–water partition coefficient (Wildman–Crippen LogP) is 0.130. The number of nitrogens with zero attached hydrogens (tertiary/aromatic N) is 2. The van der Waals surface area contributed by atoms with E-state index in [1.807, 2.05) is 13.8 Å². The van der Waals surface area contributed by atoms with Crippen molar-refractivity contribution in [3.8, 4) is 0 Å². The van der Waals surface area contributed by atoms with Gasteiger partial charge in [-0.05, 0) is 6.42 Å². The van der Waals surface area contributed by atoms with Crippen LogP contribution in [0, 0.1) is 0 Å². The Balaban J connectivity index is 2.50. The number of thioether (sulfide) groups is 1. The third-order valence-electron chi connectivity index (χ3n) is 2.50. The second kappa shape index (κ2) is 7.34. The highest BCUT2D eigenvalue weighted by molar-refractivity contribution is 7.99. The summed E-state index contributed by atoms with van der Waals surface area (Å²) in [5, 5.41) is 10.0. The zero-order chi connectivity index (χ0) is 14.4. The summed E-state index contributed by atoms with van der Waals surface area (Å²) in [6, 6.07) is -0.141. The number of hydrogen-bond acceptors (Lipinski definition) is 6. The molecule has 0 fully saturated rings. The van der Waals surface area contributed by atoms with Crippen molar-refractivity contribution in [2.45, 2.75) is 37.5 Å². The second-order valence-corrected chi connectivity index (χ2v) is 5.47. The molecule has 0 aromatic carbocycles. The third kappa shape index (κ3) is 4.71. The van der Waals surface area contributed by atoms with Gasteiger partial charge in [-0.1, -0.05) is 25.6 Å². The van der Waals surface area contributed by atoms with Crippen molar-refractivity contribution in [3.63, 3.8) is 0 Å². The van der Waals surface area contributed by atoms with Crippen LogP contribution >= 0.6 is 11.8 Å². The zero-order valence-electron chi connectivity index (χ0n) is 11.6. The molecule has 0 saturated carbocycles. The van der Waals surface area contributed by atoms with E-state index >= 15 is 0 Å². The van der Waals surface area contributed by atoms with Crippen LogP contribution in [0.15, 0.2) is 9.95 Å². The summed E-state index contributed by atoms with van der Waals surface area (Å²) in [6.07, 6.45) is 0.608. The van der Waals surface area contributed by atoms with Crippen molar-refractivity contribution in [3.05, 3.63) is 10.5 Å². The maximum atomic E-state index is 11.6. The first kappa shape index (κ1) is 15.8. The molecule has 0 aliphatic rings. The number of hydrogen-bond donors (Lipinski definition) is 2. The lowest BCUT2D eigenvalue weighted by atomic mass is 10.2. The van der Waals surface area contributed by atoms with Gasteiger partial charge in [0.15, 0.2) is 5.16 Å². The highest BCUT2D eigenvalue weighted by atomic mass is 32.2. The van der Waals surface area contributed by atoms with Gasteiger partial charge < -0.3 is 10.1 Å². The van der Waals surface area contributed by atoms with E-state index in [-0.39, 0.29) is 23.7 Å². The number of nitrogens with one attached hydrogen (secondary N) is 2. The maximum absolute atomic E-state index is 11.6. The largest absolute Gasteiger partial charge is 0.468 e. The molecule has 0 radical (unpaired) electrons. The molecule has 0 aliphatic heterocycles. The second-order valence-electron chi connectivity index (χ2n) is 4.40. The van der Waals surface area contributed by atoms with E-state index < -0.39 is 0 Å². The number of rotatable bonds is 7. The van der Waals surface area contributed by atoms with Gasteiger partial charge in [0, 0.05) is 18.8 Å². The molecule has 1 heterocycles. The summed E-state index contributed by atoms with van der Waals surface area (Å²) in [5.41, 5.74) is -0.243. The quantitative estimate of drug-likeness (QED) is 0.547. The third-order valence-corrected chi connectivity index (χ3v) is 3.56. The first-order valence-electron chi connectivity index (χ1n) is 6.03. The first-order chi connectivity index (χ1) is 8.95. The van der Waals surface area contributed by atoms with Crippen LogP contribution in [0.2, 0.25) is 0 Å². The van der Waals surface area contributed by atoms with Crippen LogP contribution in [-0.2, 0) is 16.6 Å². The monoisotopic (exact) mass is 288 g/mol. The summed E-state index contributed by atoms with van der Waals surface area (Å²) in [4.78, 5) is 22.8. The Morgan fingerprint density at radius 1 is 1.58 bits per heavy atom. The lowest BCUT2D eigenvalue weighted by Crippen LogP contribution is -2.41. The summed E-state index contributed by atoms with van der Waals surface area (Å²) in [5.74, 6) is 0.391. The smallest absolute Gasteiger partial charge is 0.343 e. The average molecular weight is 288 g/mol. The number of H-pyrrole nitrogens is 1. The molecule has 1 aromatic rings. The number of esters is 1. The van der Waals surface area contributed by atoms with Gasteiger partial charge in [-0.15, -0.1) is 5.10 Å². The molecule has 1 rings (SSSR count). The fourth-order valence-electron chi connectivity index (χ4n) is 1.54. The fraction of sp³-hybridized carbons (Fsp3) is 0.727. The van der Waals surface area contributed by atoms with Crippen molar-refractivity contribution < 1.29 is 9.53 Å². The van der Waals surface area contributed by atoms with Crippen molar-refractivity contribution in [1.29, 1.82) is 0 Å². The average Bonchev–Trinajstić information content (AvgIpc) is 2.68. The predicted molar refractivity (Wildman–Crippen MR) is 73.2 cm³/mol. The van der Waals surface area contributed by atoms with E-state index in [2.05, 4.69) is 15.5 Å². The molecule has 1 atom stereocenters. The van der Waals surface area contributed by atoms with Gasteiger partial charge in [-0.25, -0.2) is 9.89 Å². The molecule has 19 heavy (non-hydrogen) atoms. The van der Waals surface area contributed by atoms with E-state index in [1.54, 1.807) is 7.05 Å². The highest BCUT2D eigenvalue weighted by Gasteiger charge is 2.19. The lowest BCUT2D eigenvalue weighted by Gasteiger charge is -2.18. The molecule has 0 bridgehead atoms. The number of aromatic amines is 1. The summed E-state index contributed by atoms with van der Waals surface area (Å²) in [7, 11) is 3.03. The Morgan fingerprint density at radius 2 is 2.26 bits per heavy atom. The number of carbonyl (C=O) groups is 1. The SMILES string of the molecule is COC(=O)C(CCSc1n[nH]c(=O)n1C)NC(C)C. The molecule has 7 nitrogen and oxygen atoms in total. The standard InChI is InChI=1S/C11H20N4O3S/c1-7(2)12-8(9(16)18-4)5-6-19-11-14-13-10(17)15(11)3/h7-8,12H,5-6H2,1-4H3,(H,13,17). The molecule has 108 valence electrons. The summed E-state index contributed by atoms with van der Waals surface area (Å²) < 4.78 is 6.19.